The van der Waals surface area contributed by atoms with Gasteiger partial charge in [-0.1, -0.05) is 6.07 Å². The van der Waals surface area contributed by atoms with Crippen molar-refractivity contribution < 1.29 is 14.5 Å². The van der Waals surface area contributed by atoms with Crippen molar-refractivity contribution in [1.82, 2.24) is 15.2 Å². The second-order valence-electron chi connectivity index (χ2n) is 9.37. The van der Waals surface area contributed by atoms with Gasteiger partial charge in [-0.15, -0.1) is 0 Å². The third-order valence-corrected chi connectivity index (χ3v) is 7.27. The van der Waals surface area contributed by atoms with E-state index in [0.717, 1.165) is 69.4 Å². The molecule has 2 aromatic rings. The van der Waals surface area contributed by atoms with Gasteiger partial charge in [0.1, 0.15) is 5.82 Å². The zero-order valence-electron chi connectivity index (χ0n) is 19.8. The van der Waals surface area contributed by atoms with Crippen molar-refractivity contribution in [2.75, 3.05) is 68.8 Å². The van der Waals surface area contributed by atoms with E-state index in [1.165, 1.54) is 0 Å². The van der Waals surface area contributed by atoms with Crippen LogP contribution in [0.1, 0.15) is 12.0 Å². The maximum absolute atomic E-state index is 13.4. The number of nitrogens with zero attached hydrogens (tertiary/aromatic N) is 5. The van der Waals surface area contributed by atoms with Crippen LogP contribution in [0.25, 0.3) is 0 Å². The van der Waals surface area contributed by atoms with Crippen LogP contribution in [0.2, 0.25) is 0 Å². The van der Waals surface area contributed by atoms with Crippen molar-refractivity contribution in [1.29, 1.82) is 0 Å². The number of carbonyl (C=O) groups is 1. The number of benzene rings is 1. The van der Waals surface area contributed by atoms with Gasteiger partial charge in [-0.05, 0) is 43.1 Å². The van der Waals surface area contributed by atoms with Crippen LogP contribution >= 0.6 is 0 Å². The number of aromatic nitrogens is 1. The normalized spacial score (nSPS) is 22.3. The largest absolute Gasteiger partial charge is 0.379 e. The SMILES string of the molecule is O=C(NCCCN1CCOCC1)[C@@H]1Cc2cc([N+](=O)[O-])ccc2N2CCN(c3ccccn3)C[C@H]12. The number of non-ortho nitro benzene ring substituents is 1. The number of fused-ring (bicyclic) bond motifs is 3. The van der Waals surface area contributed by atoms with Crippen LogP contribution in [0.3, 0.4) is 0 Å². The fourth-order valence-corrected chi connectivity index (χ4v) is 5.44. The molecule has 0 saturated carbocycles. The number of hydrogen-bond acceptors (Lipinski definition) is 8. The number of pyridine rings is 1. The number of hydrogen-bond donors (Lipinski definition) is 1. The van der Waals surface area contributed by atoms with Crippen LogP contribution in [0.15, 0.2) is 42.6 Å². The number of morpholine rings is 1. The number of nitro groups is 1. The van der Waals surface area contributed by atoms with Gasteiger partial charge in [0.25, 0.3) is 5.69 Å². The highest BCUT2D eigenvalue weighted by Crippen LogP contribution is 2.38. The Kier molecular flexibility index (Phi) is 7.10. The highest BCUT2D eigenvalue weighted by molar-refractivity contribution is 5.82. The van der Waals surface area contributed by atoms with E-state index in [1.807, 2.05) is 24.3 Å². The summed E-state index contributed by atoms with van der Waals surface area (Å²) in [5.41, 5.74) is 1.94. The standard InChI is InChI=1S/C25H32N6O4/c32-25(27-8-3-9-28-12-14-35-15-13-28)21-17-19-16-20(31(33)34)5-6-22(19)30-11-10-29(18-23(21)30)24-4-1-2-7-26-24/h1-2,4-7,16,21,23H,3,8-15,17-18H2,(H,27,32)/t21-,23-/m1/s1. The summed E-state index contributed by atoms with van der Waals surface area (Å²) in [6.07, 6.45) is 3.16. The molecule has 0 bridgehead atoms. The van der Waals surface area contributed by atoms with Gasteiger partial charge < -0.3 is 19.9 Å². The number of amides is 1. The molecule has 3 aliphatic rings. The Balaban J connectivity index is 1.31. The molecule has 3 aliphatic heterocycles. The first-order valence-corrected chi connectivity index (χ1v) is 12.4. The smallest absolute Gasteiger partial charge is 0.269 e. The molecule has 0 aliphatic carbocycles. The van der Waals surface area contributed by atoms with Gasteiger partial charge in [0.05, 0.1) is 30.1 Å². The molecule has 186 valence electrons. The van der Waals surface area contributed by atoms with Crippen molar-refractivity contribution in [3.8, 4) is 0 Å². The lowest BCUT2D eigenvalue weighted by molar-refractivity contribution is -0.384. The minimum Gasteiger partial charge on any atom is -0.379 e. The summed E-state index contributed by atoms with van der Waals surface area (Å²) in [5, 5.41) is 14.5. The molecule has 35 heavy (non-hydrogen) atoms. The molecule has 4 heterocycles. The van der Waals surface area contributed by atoms with E-state index in [-0.39, 0.29) is 28.5 Å². The van der Waals surface area contributed by atoms with Crippen LogP contribution in [0.4, 0.5) is 17.2 Å². The van der Waals surface area contributed by atoms with E-state index in [9.17, 15) is 14.9 Å². The van der Waals surface area contributed by atoms with Crippen molar-refractivity contribution in [3.63, 3.8) is 0 Å². The zero-order valence-corrected chi connectivity index (χ0v) is 19.8. The zero-order chi connectivity index (χ0) is 24.2. The lowest BCUT2D eigenvalue weighted by atomic mass is 9.83. The van der Waals surface area contributed by atoms with Gasteiger partial charge in [0, 0.05) is 63.3 Å². The molecule has 0 unspecified atom stereocenters. The van der Waals surface area contributed by atoms with Crippen molar-refractivity contribution in [3.05, 3.63) is 58.3 Å². The molecule has 2 saturated heterocycles. The number of rotatable bonds is 7. The monoisotopic (exact) mass is 480 g/mol. The number of nitro benzene ring substituents is 1. The molecular weight excluding hydrogens is 448 g/mol. The summed E-state index contributed by atoms with van der Waals surface area (Å²) < 4.78 is 5.40. The molecule has 0 spiro atoms. The summed E-state index contributed by atoms with van der Waals surface area (Å²) in [5.74, 6) is 0.632. The van der Waals surface area contributed by atoms with E-state index < -0.39 is 0 Å². The first-order chi connectivity index (χ1) is 17.1. The number of ether oxygens (including phenoxy) is 1. The number of carbonyl (C=O) groups excluding carboxylic acids is 1. The Labute approximate surface area is 205 Å². The maximum atomic E-state index is 13.4. The van der Waals surface area contributed by atoms with Gasteiger partial charge in [0.2, 0.25) is 5.91 Å². The second kappa shape index (κ2) is 10.6. The first kappa shape index (κ1) is 23.5. The van der Waals surface area contributed by atoms with E-state index in [1.54, 1.807) is 18.3 Å². The Hall–Kier alpha value is -3.24. The van der Waals surface area contributed by atoms with Crippen molar-refractivity contribution >= 4 is 23.1 Å². The predicted octanol–water partition coefficient (Wildman–Crippen LogP) is 1.70. The van der Waals surface area contributed by atoms with Crippen LogP contribution in [0, 0.1) is 16.0 Å². The Morgan fingerprint density at radius 1 is 1.17 bits per heavy atom. The average Bonchev–Trinajstić information content (AvgIpc) is 2.91. The first-order valence-electron chi connectivity index (χ1n) is 12.4. The van der Waals surface area contributed by atoms with Gasteiger partial charge in [-0.25, -0.2) is 4.98 Å². The van der Waals surface area contributed by atoms with Gasteiger partial charge in [-0.3, -0.25) is 19.8 Å². The highest BCUT2D eigenvalue weighted by Gasteiger charge is 2.42. The predicted molar refractivity (Wildman–Crippen MR) is 133 cm³/mol. The number of nitrogens with one attached hydrogen (secondary N) is 1. The molecule has 1 aromatic heterocycles. The molecule has 2 fully saturated rings. The third-order valence-electron chi connectivity index (χ3n) is 7.27. The average molecular weight is 481 g/mol. The molecule has 2 atom stereocenters. The number of anilines is 2. The third kappa shape index (κ3) is 5.23. The fraction of sp³-hybridized carbons (Fsp3) is 0.520. The van der Waals surface area contributed by atoms with Crippen LogP contribution in [-0.4, -0.2) is 85.8 Å². The molecule has 1 aromatic carbocycles. The quantitative estimate of drug-likeness (QED) is 0.363. The molecule has 5 rings (SSSR count). The molecular formula is C25H32N6O4. The van der Waals surface area contributed by atoms with Gasteiger partial charge >= 0.3 is 0 Å². The van der Waals surface area contributed by atoms with E-state index in [0.29, 0.717) is 19.5 Å². The molecule has 10 nitrogen and oxygen atoms in total. The lowest BCUT2D eigenvalue weighted by Gasteiger charge is -2.49. The fourth-order valence-electron chi connectivity index (χ4n) is 5.44. The molecule has 0 radical (unpaired) electrons. The van der Waals surface area contributed by atoms with Gasteiger partial charge in [-0.2, -0.15) is 0 Å². The Morgan fingerprint density at radius 2 is 2.03 bits per heavy atom. The molecule has 10 heteroatoms. The minimum atomic E-state index is -0.369. The summed E-state index contributed by atoms with van der Waals surface area (Å²) in [4.78, 5) is 35.8. The van der Waals surface area contributed by atoms with E-state index in [2.05, 4.69) is 25.0 Å². The Morgan fingerprint density at radius 3 is 2.80 bits per heavy atom. The number of piperazine rings is 1. The van der Waals surface area contributed by atoms with E-state index in [4.69, 9.17) is 4.74 Å². The summed E-state index contributed by atoms with van der Waals surface area (Å²) >= 11 is 0. The molecule has 1 N–H and O–H groups in total. The summed E-state index contributed by atoms with van der Waals surface area (Å²) in [6, 6.07) is 10.9. The van der Waals surface area contributed by atoms with Crippen LogP contribution in [0.5, 0.6) is 0 Å². The van der Waals surface area contributed by atoms with Crippen LogP contribution < -0.4 is 15.1 Å². The summed E-state index contributed by atoms with van der Waals surface area (Å²) in [7, 11) is 0. The second-order valence-corrected chi connectivity index (χ2v) is 9.37. The van der Waals surface area contributed by atoms with Crippen LogP contribution in [-0.2, 0) is 16.0 Å². The topological polar surface area (TPSA) is 104 Å². The minimum absolute atomic E-state index is 0.0157. The molecule has 1 amide bonds. The maximum Gasteiger partial charge on any atom is 0.269 e. The van der Waals surface area contributed by atoms with Crippen molar-refractivity contribution in [2.24, 2.45) is 5.92 Å². The highest BCUT2D eigenvalue weighted by atomic mass is 16.6. The van der Waals surface area contributed by atoms with E-state index >= 15 is 0 Å². The summed E-state index contributed by atoms with van der Waals surface area (Å²) in [6.45, 7) is 7.15. The lowest BCUT2D eigenvalue weighted by Crippen LogP contribution is -2.61. The van der Waals surface area contributed by atoms with Gasteiger partial charge in [0.15, 0.2) is 0 Å². The Bertz CT molecular complexity index is 1050. The van der Waals surface area contributed by atoms with Crippen molar-refractivity contribution in [2.45, 2.75) is 18.9 Å².